The fourth-order valence-corrected chi connectivity index (χ4v) is 1.10. The van der Waals surface area contributed by atoms with Gasteiger partial charge in [-0.15, -0.1) is 6.58 Å². The largest absolute Gasteiger partial charge is 0.465 e. The third kappa shape index (κ3) is 2.20. The molecule has 3 nitrogen and oxygen atoms in total. The average Bonchev–Trinajstić information content (AvgIpc) is 2.27. The molecule has 0 saturated heterocycles. The minimum absolute atomic E-state index is 0.414. The van der Waals surface area contributed by atoms with E-state index in [1.54, 1.807) is 24.3 Å². The third-order valence-corrected chi connectivity index (χ3v) is 1.87. The molecule has 1 unspecified atom stereocenters. The summed E-state index contributed by atoms with van der Waals surface area (Å²) in [5.41, 5.74) is 1.05. The van der Waals surface area contributed by atoms with Gasteiger partial charge >= 0.3 is 5.97 Å². The minimum atomic E-state index is -0.750. The predicted octanol–water partition coefficient (Wildman–Crippen LogP) is 1.69. The van der Waals surface area contributed by atoms with Crippen LogP contribution in [-0.4, -0.2) is 18.2 Å². The number of hydrogen-bond donors (Lipinski definition) is 1. The maximum absolute atomic E-state index is 11.1. The van der Waals surface area contributed by atoms with Crippen molar-refractivity contribution < 1.29 is 14.6 Å². The van der Waals surface area contributed by atoms with Gasteiger partial charge in [0.25, 0.3) is 0 Å². The van der Waals surface area contributed by atoms with Gasteiger partial charge in [0.1, 0.15) is 0 Å². The quantitative estimate of drug-likeness (QED) is 0.585. The number of benzene rings is 1. The Morgan fingerprint density at radius 1 is 1.64 bits per heavy atom. The zero-order valence-corrected chi connectivity index (χ0v) is 7.93. The molecule has 0 aromatic heterocycles. The molecule has 0 heterocycles. The molecule has 0 aliphatic heterocycles. The maximum Gasteiger partial charge on any atom is 0.337 e. The van der Waals surface area contributed by atoms with Gasteiger partial charge in [-0.2, -0.15) is 0 Å². The van der Waals surface area contributed by atoms with Crippen LogP contribution >= 0.6 is 0 Å². The van der Waals surface area contributed by atoms with E-state index >= 15 is 0 Å². The lowest BCUT2D eigenvalue weighted by molar-refractivity contribution is 0.0600. The molecule has 1 aromatic rings. The zero-order valence-electron chi connectivity index (χ0n) is 7.93. The highest BCUT2D eigenvalue weighted by molar-refractivity contribution is 5.89. The molecule has 14 heavy (non-hydrogen) atoms. The molecule has 0 amide bonds. The lowest BCUT2D eigenvalue weighted by atomic mass is 10.1. The summed E-state index contributed by atoms with van der Waals surface area (Å²) < 4.78 is 4.56. The Morgan fingerprint density at radius 3 is 2.93 bits per heavy atom. The first-order valence-corrected chi connectivity index (χ1v) is 4.18. The van der Waals surface area contributed by atoms with Crippen molar-refractivity contribution in [1.29, 1.82) is 0 Å². The molecular formula is C11H12O3. The van der Waals surface area contributed by atoms with Gasteiger partial charge in [0.05, 0.1) is 18.8 Å². The molecule has 0 aliphatic carbocycles. The highest BCUT2D eigenvalue weighted by Gasteiger charge is 2.08. The topological polar surface area (TPSA) is 46.5 Å². The lowest BCUT2D eigenvalue weighted by Crippen LogP contribution is -2.02. The zero-order chi connectivity index (χ0) is 10.6. The Kier molecular flexibility index (Phi) is 3.42. The highest BCUT2D eigenvalue weighted by atomic mass is 16.5. The van der Waals surface area contributed by atoms with E-state index in [2.05, 4.69) is 11.3 Å². The number of aliphatic hydroxyl groups is 1. The fourth-order valence-electron chi connectivity index (χ4n) is 1.10. The molecule has 0 fully saturated rings. The molecule has 0 radical (unpaired) electrons. The van der Waals surface area contributed by atoms with Gasteiger partial charge < -0.3 is 9.84 Å². The van der Waals surface area contributed by atoms with Gasteiger partial charge in [-0.25, -0.2) is 4.79 Å². The van der Waals surface area contributed by atoms with Gasteiger partial charge in [-0.05, 0) is 17.7 Å². The van der Waals surface area contributed by atoms with Gasteiger partial charge in [-0.1, -0.05) is 18.2 Å². The van der Waals surface area contributed by atoms with Crippen LogP contribution in [0, 0.1) is 0 Å². The summed E-state index contributed by atoms with van der Waals surface area (Å²) in [6.45, 7) is 3.47. The molecular weight excluding hydrogens is 180 g/mol. The van der Waals surface area contributed by atoms with Crippen molar-refractivity contribution in [1.82, 2.24) is 0 Å². The Morgan fingerprint density at radius 2 is 2.36 bits per heavy atom. The molecule has 1 atom stereocenters. The number of ether oxygens (including phenoxy) is 1. The van der Waals surface area contributed by atoms with Crippen LogP contribution in [0.3, 0.4) is 0 Å². The third-order valence-electron chi connectivity index (χ3n) is 1.87. The molecule has 3 heteroatoms. The SMILES string of the molecule is C=CC(O)c1cccc(C(=O)OC)c1. The summed E-state index contributed by atoms with van der Waals surface area (Å²) in [5, 5.41) is 9.44. The first kappa shape index (κ1) is 10.5. The van der Waals surface area contributed by atoms with Crippen molar-refractivity contribution in [2.45, 2.75) is 6.10 Å². The molecule has 74 valence electrons. The van der Waals surface area contributed by atoms with E-state index in [0.717, 1.165) is 0 Å². The molecule has 0 spiro atoms. The molecule has 1 rings (SSSR count). The summed E-state index contributed by atoms with van der Waals surface area (Å²) in [4.78, 5) is 11.1. The first-order valence-electron chi connectivity index (χ1n) is 4.18. The van der Waals surface area contributed by atoms with Crippen molar-refractivity contribution in [2.24, 2.45) is 0 Å². The molecule has 0 bridgehead atoms. The molecule has 0 aliphatic rings. The Hall–Kier alpha value is -1.61. The van der Waals surface area contributed by atoms with E-state index in [9.17, 15) is 9.90 Å². The van der Waals surface area contributed by atoms with E-state index in [0.29, 0.717) is 11.1 Å². The summed E-state index contributed by atoms with van der Waals surface area (Å²) in [6, 6.07) is 6.62. The Bertz CT molecular complexity index is 344. The second-order valence-corrected chi connectivity index (χ2v) is 2.80. The molecule has 1 aromatic carbocycles. The number of methoxy groups -OCH3 is 1. The number of hydrogen-bond acceptors (Lipinski definition) is 3. The van der Waals surface area contributed by atoms with Crippen molar-refractivity contribution in [3.8, 4) is 0 Å². The van der Waals surface area contributed by atoms with Crippen LogP contribution in [0.4, 0.5) is 0 Å². The monoisotopic (exact) mass is 192 g/mol. The summed E-state index contributed by atoms with van der Waals surface area (Å²) >= 11 is 0. The lowest BCUT2D eigenvalue weighted by Gasteiger charge is -2.06. The second-order valence-electron chi connectivity index (χ2n) is 2.80. The Balaban J connectivity index is 3.00. The van der Waals surface area contributed by atoms with Crippen LogP contribution < -0.4 is 0 Å². The van der Waals surface area contributed by atoms with Crippen LogP contribution in [0.15, 0.2) is 36.9 Å². The fraction of sp³-hybridized carbons (Fsp3) is 0.182. The van der Waals surface area contributed by atoms with E-state index in [1.165, 1.54) is 13.2 Å². The molecule has 1 N–H and O–H groups in total. The number of esters is 1. The maximum atomic E-state index is 11.1. The van der Waals surface area contributed by atoms with Crippen LogP contribution in [-0.2, 0) is 4.74 Å². The van der Waals surface area contributed by atoms with Gasteiger partial charge in [0.15, 0.2) is 0 Å². The standard InChI is InChI=1S/C11H12O3/c1-3-10(12)8-5-4-6-9(7-8)11(13)14-2/h3-7,10,12H,1H2,2H3. The van der Waals surface area contributed by atoms with Crippen LogP contribution in [0.25, 0.3) is 0 Å². The van der Waals surface area contributed by atoms with Gasteiger partial charge in [0, 0.05) is 0 Å². The summed E-state index contributed by atoms with van der Waals surface area (Å²) in [5.74, 6) is -0.414. The van der Waals surface area contributed by atoms with Crippen LogP contribution in [0.1, 0.15) is 22.0 Å². The van der Waals surface area contributed by atoms with Crippen LogP contribution in [0.2, 0.25) is 0 Å². The Labute approximate surface area is 82.6 Å². The van der Waals surface area contributed by atoms with Crippen LogP contribution in [0.5, 0.6) is 0 Å². The van der Waals surface area contributed by atoms with E-state index in [1.807, 2.05) is 0 Å². The first-order chi connectivity index (χ1) is 6.69. The summed E-state index contributed by atoms with van der Waals surface area (Å²) in [7, 11) is 1.32. The smallest absolute Gasteiger partial charge is 0.337 e. The van der Waals surface area contributed by atoms with Gasteiger partial charge in [-0.3, -0.25) is 0 Å². The van der Waals surface area contributed by atoms with E-state index < -0.39 is 12.1 Å². The van der Waals surface area contributed by atoms with Crippen molar-refractivity contribution >= 4 is 5.97 Å². The average molecular weight is 192 g/mol. The van der Waals surface area contributed by atoms with Crippen molar-refractivity contribution in [3.63, 3.8) is 0 Å². The molecule has 0 saturated carbocycles. The van der Waals surface area contributed by atoms with Gasteiger partial charge in [0.2, 0.25) is 0 Å². The highest BCUT2D eigenvalue weighted by Crippen LogP contribution is 2.15. The van der Waals surface area contributed by atoms with E-state index in [4.69, 9.17) is 0 Å². The van der Waals surface area contributed by atoms with Crippen molar-refractivity contribution in [2.75, 3.05) is 7.11 Å². The second kappa shape index (κ2) is 4.58. The predicted molar refractivity (Wildman–Crippen MR) is 52.9 cm³/mol. The number of carbonyl (C=O) groups is 1. The van der Waals surface area contributed by atoms with Crippen molar-refractivity contribution in [3.05, 3.63) is 48.0 Å². The minimum Gasteiger partial charge on any atom is -0.465 e. The number of rotatable bonds is 3. The van der Waals surface area contributed by atoms with E-state index in [-0.39, 0.29) is 0 Å². The number of carbonyl (C=O) groups excluding carboxylic acids is 1. The number of aliphatic hydroxyl groups excluding tert-OH is 1. The normalized spacial score (nSPS) is 11.9. The summed E-state index contributed by atoms with van der Waals surface area (Å²) in [6.07, 6.45) is 0.649.